The van der Waals surface area contributed by atoms with Gasteiger partial charge in [0.15, 0.2) is 11.6 Å². The van der Waals surface area contributed by atoms with Gasteiger partial charge in [0.25, 0.3) is 5.91 Å². The largest absolute Gasteiger partial charge is 0.494 e. The van der Waals surface area contributed by atoms with E-state index in [1.165, 1.54) is 24.8 Å². The van der Waals surface area contributed by atoms with Gasteiger partial charge < -0.3 is 19.7 Å². The van der Waals surface area contributed by atoms with Crippen LogP contribution in [0.2, 0.25) is 0 Å². The predicted octanol–water partition coefficient (Wildman–Crippen LogP) is 6.02. The summed E-state index contributed by atoms with van der Waals surface area (Å²) >= 11 is 3.38. The Labute approximate surface area is 218 Å². The van der Waals surface area contributed by atoms with Crippen molar-refractivity contribution in [2.45, 2.75) is 25.2 Å². The average Bonchev–Trinajstić information content (AvgIpc) is 2.90. The molecular weight excluding hydrogens is 527 g/mol. The Balaban J connectivity index is 1.23. The number of benzene rings is 3. The quantitative estimate of drug-likeness (QED) is 0.369. The first-order chi connectivity index (χ1) is 17.4. The number of hydrogen-bond acceptors (Lipinski definition) is 4. The topological polar surface area (TPSA) is 67.9 Å². The van der Waals surface area contributed by atoms with Gasteiger partial charge in [0, 0.05) is 28.8 Å². The van der Waals surface area contributed by atoms with Crippen LogP contribution in [-0.2, 0) is 4.79 Å². The molecule has 0 aliphatic carbocycles. The zero-order valence-corrected chi connectivity index (χ0v) is 21.6. The van der Waals surface area contributed by atoms with Gasteiger partial charge in [0.1, 0.15) is 5.75 Å². The van der Waals surface area contributed by atoms with Crippen LogP contribution in [0.15, 0.2) is 71.2 Å². The fraction of sp³-hybridized carbons (Fsp3) is 0.286. The van der Waals surface area contributed by atoms with Crippen molar-refractivity contribution in [3.63, 3.8) is 0 Å². The second-order valence-electron chi connectivity index (χ2n) is 8.64. The monoisotopic (exact) mass is 554 g/mol. The van der Waals surface area contributed by atoms with E-state index in [2.05, 4.69) is 21.2 Å². The molecule has 4 rings (SSSR count). The molecule has 0 atom stereocenters. The summed E-state index contributed by atoms with van der Waals surface area (Å²) in [4.78, 5) is 26.8. The van der Waals surface area contributed by atoms with Crippen molar-refractivity contribution in [1.82, 2.24) is 4.90 Å². The predicted molar refractivity (Wildman–Crippen MR) is 140 cm³/mol. The number of anilines is 1. The third kappa shape index (κ3) is 6.63. The minimum Gasteiger partial charge on any atom is -0.494 e. The summed E-state index contributed by atoms with van der Waals surface area (Å²) < 4.78 is 25.5. The Kier molecular flexibility index (Phi) is 8.59. The Morgan fingerprint density at radius 3 is 2.36 bits per heavy atom. The molecule has 8 heteroatoms. The number of nitrogens with zero attached hydrogens (tertiary/aromatic N) is 1. The van der Waals surface area contributed by atoms with Crippen molar-refractivity contribution < 1.29 is 23.5 Å². The molecule has 0 unspecified atom stereocenters. The molecule has 1 aliphatic rings. The fourth-order valence-corrected chi connectivity index (χ4v) is 4.52. The van der Waals surface area contributed by atoms with Gasteiger partial charge in [-0.15, -0.1) is 0 Å². The second kappa shape index (κ2) is 12.0. The lowest BCUT2D eigenvalue weighted by atomic mass is 9.89. The summed E-state index contributed by atoms with van der Waals surface area (Å²) in [5.74, 6) is 0.352. The molecule has 2 amide bonds. The Morgan fingerprint density at radius 2 is 1.72 bits per heavy atom. The first kappa shape index (κ1) is 25.7. The normalized spacial score (nSPS) is 13.8. The number of hydrogen-bond donors (Lipinski definition) is 1. The van der Waals surface area contributed by atoms with E-state index in [9.17, 15) is 14.0 Å². The van der Waals surface area contributed by atoms with E-state index in [-0.39, 0.29) is 24.0 Å². The van der Waals surface area contributed by atoms with Gasteiger partial charge >= 0.3 is 0 Å². The molecule has 36 heavy (non-hydrogen) atoms. The molecule has 3 aromatic rings. The molecule has 1 saturated heterocycles. The highest BCUT2D eigenvalue weighted by atomic mass is 79.9. The third-order valence-corrected chi connectivity index (χ3v) is 6.79. The van der Waals surface area contributed by atoms with E-state index in [1.54, 1.807) is 11.0 Å². The van der Waals surface area contributed by atoms with Crippen LogP contribution in [0, 0.1) is 5.82 Å². The smallest absolute Gasteiger partial charge is 0.253 e. The van der Waals surface area contributed by atoms with Crippen molar-refractivity contribution in [2.24, 2.45) is 0 Å². The van der Waals surface area contributed by atoms with Crippen LogP contribution in [0.3, 0.4) is 0 Å². The van der Waals surface area contributed by atoms with Crippen LogP contribution in [0.1, 0.15) is 41.1 Å². The second-order valence-corrected chi connectivity index (χ2v) is 9.55. The molecule has 1 fully saturated rings. The van der Waals surface area contributed by atoms with Crippen LogP contribution in [0.25, 0.3) is 0 Å². The molecule has 3 aromatic carbocycles. The summed E-state index contributed by atoms with van der Waals surface area (Å²) in [5.41, 5.74) is 2.24. The molecular formula is C28H28BrFN2O4. The number of likely N-dealkylation sites (tertiary alicyclic amines) is 1. The standard InChI is InChI=1S/C28H28BrFN2O4/c1-35-26-11-4-21(18-25(26)30)28(34)32-15-12-20(13-16-32)19-2-7-23(8-3-19)31-27(33)14-17-36-24-9-5-22(29)6-10-24/h2-11,18,20H,12-17H2,1H3,(H,31,33). The van der Waals surface area contributed by atoms with Crippen molar-refractivity contribution in [1.29, 1.82) is 0 Å². The lowest BCUT2D eigenvalue weighted by molar-refractivity contribution is -0.116. The highest BCUT2D eigenvalue weighted by Crippen LogP contribution is 2.30. The first-order valence-corrected chi connectivity index (χ1v) is 12.6. The summed E-state index contributed by atoms with van der Waals surface area (Å²) in [7, 11) is 1.40. The molecule has 6 nitrogen and oxygen atoms in total. The van der Waals surface area contributed by atoms with Gasteiger partial charge in [-0.25, -0.2) is 4.39 Å². The zero-order valence-electron chi connectivity index (χ0n) is 20.0. The fourth-order valence-electron chi connectivity index (χ4n) is 4.25. The number of methoxy groups -OCH3 is 1. The summed E-state index contributed by atoms with van der Waals surface area (Å²) in [6, 6.07) is 19.6. The van der Waals surface area contributed by atoms with Crippen molar-refractivity contribution >= 4 is 33.4 Å². The van der Waals surface area contributed by atoms with E-state index in [0.29, 0.717) is 31.2 Å². The average molecular weight is 555 g/mol. The lowest BCUT2D eigenvalue weighted by Crippen LogP contribution is -2.38. The maximum Gasteiger partial charge on any atom is 0.253 e. The van der Waals surface area contributed by atoms with E-state index in [4.69, 9.17) is 9.47 Å². The van der Waals surface area contributed by atoms with Crippen LogP contribution in [0.4, 0.5) is 10.1 Å². The number of halogens is 2. The number of piperidine rings is 1. The zero-order chi connectivity index (χ0) is 25.5. The number of nitrogens with one attached hydrogen (secondary N) is 1. The van der Waals surface area contributed by atoms with Gasteiger partial charge in [-0.1, -0.05) is 28.1 Å². The number of amides is 2. The van der Waals surface area contributed by atoms with Crippen molar-refractivity contribution in [2.75, 3.05) is 32.1 Å². The Hall–Kier alpha value is -3.39. The summed E-state index contributed by atoms with van der Waals surface area (Å²) in [5, 5.41) is 2.90. The van der Waals surface area contributed by atoms with E-state index in [1.807, 2.05) is 48.5 Å². The van der Waals surface area contributed by atoms with E-state index >= 15 is 0 Å². The molecule has 0 radical (unpaired) electrons. The molecule has 0 spiro atoms. The maximum atomic E-state index is 14.0. The summed E-state index contributed by atoms with van der Waals surface area (Å²) in [6.45, 7) is 1.51. The van der Waals surface area contributed by atoms with Gasteiger partial charge in [0.05, 0.1) is 20.1 Å². The maximum absolute atomic E-state index is 14.0. The van der Waals surface area contributed by atoms with Crippen LogP contribution in [-0.4, -0.2) is 43.5 Å². The van der Waals surface area contributed by atoms with Gasteiger partial charge in [-0.3, -0.25) is 9.59 Å². The number of carbonyl (C=O) groups excluding carboxylic acids is 2. The highest BCUT2D eigenvalue weighted by Gasteiger charge is 2.25. The summed E-state index contributed by atoms with van der Waals surface area (Å²) in [6.07, 6.45) is 1.90. The minimum absolute atomic E-state index is 0.110. The van der Waals surface area contributed by atoms with Gasteiger partial charge in [-0.05, 0) is 78.9 Å². The lowest BCUT2D eigenvalue weighted by Gasteiger charge is -2.32. The van der Waals surface area contributed by atoms with Crippen LogP contribution >= 0.6 is 15.9 Å². The molecule has 1 heterocycles. The first-order valence-electron chi connectivity index (χ1n) is 11.8. The van der Waals surface area contributed by atoms with E-state index < -0.39 is 5.82 Å². The van der Waals surface area contributed by atoms with Gasteiger partial charge in [0.2, 0.25) is 5.91 Å². The molecule has 0 aromatic heterocycles. The Morgan fingerprint density at radius 1 is 1.03 bits per heavy atom. The van der Waals surface area contributed by atoms with Crippen LogP contribution < -0.4 is 14.8 Å². The number of ether oxygens (including phenoxy) is 2. The molecule has 1 N–H and O–H groups in total. The number of rotatable bonds is 8. The van der Waals surface area contributed by atoms with Crippen molar-refractivity contribution in [3.05, 3.63) is 88.1 Å². The highest BCUT2D eigenvalue weighted by molar-refractivity contribution is 9.10. The molecule has 188 valence electrons. The van der Waals surface area contributed by atoms with Crippen LogP contribution in [0.5, 0.6) is 11.5 Å². The van der Waals surface area contributed by atoms with E-state index in [0.717, 1.165) is 28.8 Å². The number of carbonyl (C=O) groups is 2. The Bertz CT molecular complexity index is 1190. The minimum atomic E-state index is -0.539. The third-order valence-electron chi connectivity index (χ3n) is 6.26. The molecule has 1 aliphatic heterocycles. The molecule has 0 saturated carbocycles. The van der Waals surface area contributed by atoms with Gasteiger partial charge in [-0.2, -0.15) is 0 Å². The SMILES string of the molecule is COc1ccc(C(=O)N2CCC(c3ccc(NC(=O)CCOc4ccc(Br)cc4)cc3)CC2)cc1F. The van der Waals surface area contributed by atoms with Crippen molar-refractivity contribution in [3.8, 4) is 11.5 Å². The molecule has 0 bridgehead atoms.